The van der Waals surface area contributed by atoms with Gasteiger partial charge in [0.05, 0.1) is 23.1 Å². The lowest BCUT2D eigenvalue weighted by Crippen LogP contribution is -2.10. The Bertz CT molecular complexity index is 636. The maximum absolute atomic E-state index is 11.6. The first kappa shape index (κ1) is 11.6. The van der Waals surface area contributed by atoms with Crippen LogP contribution in [0.25, 0.3) is 10.9 Å². The van der Waals surface area contributed by atoms with Gasteiger partial charge in [0.1, 0.15) is 0 Å². The van der Waals surface area contributed by atoms with Gasteiger partial charge in [-0.15, -0.1) is 0 Å². The van der Waals surface area contributed by atoms with E-state index in [2.05, 4.69) is 9.97 Å². The van der Waals surface area contributed by atoms with Gasteiger partial charge in [-0.1, -0.05) is 0 Å². The lowest BCUT2D eigenvalue weighted by Gasteiger charge is -2.02. The Morgan fingerprint density at radius 1 is 1.53 bits per heavy atom. The minimum Gasteiger partial charge on any atom is -0.462 e. The third-order valence-corrected chi connectivity index (χ3v) is 2.37. The van der Waals surface area contributed by atoms with E-state index >= 15 is 0 Å². The van der Waals surface area contributed by atoms with Crippen LogP contribution in [0.2, 0.25) is 5.28 Å². The van der Waals surface area contributed by atoms with E-state index in [1.807, 2.05) is 0 Å². The Labute approximate surface area is 101 Å². The summed E-state index contributed by atoms with van der Waals surface area (Å²) < 4.78 is 4.84. The second kappa shape index (κ2) is 4.55. The smallest absolute Gasteiger partial charge is 0.338 e. The Morgan fingerprint density at radius 2 is 2.29 bits per heavy atom. The molecule has 2 aromatic rings. The summed E-state index contributed by atoms with van der Waals surface area (Å²) in [5.41, 5.74) is 0.368. The maximum Gasteiger partial charge on any atom is 0.338 e. The molecule has 2 rings (SSSR count). The van der Waals surface area contributed by atoms with Gasteiger partial charge in [-0.25, -0.2) is 9.78 Å². The number of benzene rings is 1. The number of carbonyl (C=O) groups is 1. The quantitative estimate of drug-likeness (QED) is 0.653. The van der Waals surface area contributed by atoms with Crippen molar-refractivity contribution in [1.29, 1.82) is 0 Å². The maximum atomic E-state index is 11.6. The summed E-state index contributed by atoms with van der Waals surface area (Å²) in [7, 11) is 0. The molecule has 0 saturated heterocycles. The van der Waals surface area contributed by atoms with Crippen molar-refractivity contribution in [2.75, 3.05) is 6.61 Å². The summed E-state index contributed by atoms with van der Waals surface area (Å²) >= 11 is 5.62. The van der Waals surface area contributed by atoms with Crippen LogP contribution in [-0.2, 0) is 4.74 Å². The van der Waals surface area contributed by atoms with E-state index < -0.39 is 5.97 Å². The van der Waals surface area contributed by atoms with E-state index in [0.717, 1.165) is 0 Å². The average Bonchev–Trinajstić information content (AvgIpc) is 2.28. The highest BCUT2D eigenvalue weighted by Crippen LogP contribution is 2.12. The predicted octanol–water partition coefficient (Wildman–Crippen LogP) is 1.75. The van der Waals surface area contributed by atoms with Crippen molar-refractivity contribution < 1.29 is 9.53 Å². The number of aromatic nitrogens is 2. The monoisotopic (exact) mass is 252 g/mol. The highest BCUT2D eigenvalue weighted by Gasteiger charge is 2.09. The molecule has 0 amide bonds. The Kier molecular flexibility index (Phi) is 3.10. The summed E-state index contributed by atoms with van der Waals surface area (Å²) in [6, 6.07) is 4.54. The fourth-order valence-corrected chi connectivity index (χ4v) is 1.63. The molecule has 0 aliphatic carbocycles. The molecule has 1 aromatic heterocycles. The SMILES string of the molecule is CCOC(=O)c1ccc2nc(Cl)[nH]c(=O)c2c1. The first-order valence-corrected chi connectivity index (χ1v) is 5.36. The van der Waals surface area contributed by atoms with Crippen molar-refractivity contribution in [1.82, 2.24) is 9.97 Å². The number of H-pyrrole nitrogens is 1. The second-order valence-corrected chi connectivity index (χ2v) is 3.67. The van der Waals surface area contributed by atoms with Crippen LogP contribution >= 0.6 is 11.6 Å². The van der Waals surface area contributed by atoms with Crippen molar-refractivity contribution in [3.05, 3.63) is 39.4 Å². The number of hydrogen-bond acceptors (Lipinski definition) is 4. The molecule has 0 fully saturated rings. The molecule has 88 valence electrons. The number of esters is 1. The third-order valence-electron chi connectivity index (χ3n) is 2.19. The van der Waals surface area contributed by atoms with E-state index in [1.54, 1.807) is 19.1 Å². The molecule has 0 atom stereocenters. The number of fused-ring (bicyclic) bond motifs is 1. The highest BCUT2D eigenvalue weighted by atomic mass is 35.5. The topological polar surface area (TPSA) is 72.0 Å². The number of hydrogen-bond donors (Lipinski definition) is 1. The molecule has 17 heavy (non-hydrogen) atoms. The van der Waals surface area contributed by atoms with Crippen LogP contribution in [0.3, 0.4) is 0 Å². The molecule has 1 heterocycles. The molecule has 0 aliphatic rings. The summed E-state index contributed by atoms with van der Waals surface area (Å²) in [4.78, 5) is 29.4. The van der Waals surface area contributed by atoms with Gasteiger partial charge in [0, 0.05) is 0 Å². The van der Waals surface area contributed by atoms with Crippen LogP contribution in [0.4, 0.5) is 0 Å². The molecule has 1 N–H and O–H groups in total. The van der Waals surface area contributed by atoms with Gasteiger partial charge < -0.3 is 4.74 Å². The number of nitrogens with one attached hydrogen (secondary N) is 1. The Balaban J connectivity index is 2.58. The van der Waals surface area contributed by atoms with Crippen molar-refractivity contribution in [2.45, 2.75) is 6.92 Å². The van der Waals surface area contributed by atoms with Crippen LogP contribution in [0.5, 0.6) is 0 Å². The first-order chi connectivity index (χ1) is 8.11. The van der Waals surface area contributed by atoms with Crippen LogP contribution in [-0.4, -0.2) is 22.5 Å². The zero-order valence-corrected chi connectivity index (χ0v) is 9.75. The number of carbonyl (C=O) groups excluding carboxylic acids is 1. The third kappa shape index (κ3) is 2.29. The molecular weight excluding hydrogens is 244 g/mol. The van der Waals surface area contributed by atoms with E-state index in [-0.39, 0.29) is 17.4 Å². The van der Waals surface area contributed by atoms with Crippen LogP contribution < -0.4 is 5.56 Å². The Morgan fingerprint density at radius 3 is 3.00 bits per heavy atom. The molecule has 6 heteroatoms. The molecule has 0 saturated carbocycles. The van der Waals surface area contributed by atoms with Crippen molar-refractivity contribution >= 4 is 28.5 Å². The van der Waals surface area contributed by atoms with Crippen LogP contribution in [0, 0.1) is 0 Å². The highest BCUT2D eigenvalue weighted by molar-refractivity contribution is 6.28. The standard InChI is InChI=1S/C11H9ClN2O3/c1-2-17-10(16)6-3-4-8-7(5-6)9(15)14-11(12)13-8/h3-5H,2H2,1H3,(H,13,14,15). The van der Waals surface area contributed by atoms with Gasteiger partial charge in [-0.05, 0) is 36.7 Å². The number of aromatic amines is 1. The molecule has 1 aromatic carbocycles. The summed E-state index contributed by atoms with van der Waals surface area (Å²) in [5, 5.41) is 0.325. The van der Waals surface area contributed by atoms with E-state index in [9.17, 15) is 9.59 Å². The second-order valence-electron chi connectivity index (χ2n) is 3.31. The molecular formula is C11H9ClN2O3. The summed E-state index contributed by atoms with van der Waals surface area (Å²) in [6.45, 7) is 2.00. The fraction of sp³-hybridized carbons (Fsp3) is 0.182. The average molecular weight is 253 g/mol. The predicted molar refractivity (Wildman–Crippen MR) is 63.3 cm³/mol. The van der Waals surface area contributed by atoms with E-state index in [0.29, 0.717) is 16.5 Å². The lowest BCUT2D eigenvalue weighted by molar-refractivity contribution is 0.0526. The zero-order chi connectivity index (χ0) is 12.4. The van der Waals surface area contributed by atoms with E-state index in [4.69, 9.17) is 16.3 Å². The van der Waals surface area contributed by atoms with Crippen molar-refractivity contribution in [2.24, 2.45) is 0 Å². The number of nitrogens with zero attached hydrogens (tertiary/aromatic N) is 1. The summed E-state index contributed by atoms with van der Waals surface area (Å²) in [5.74, 6) is -0.469. The molecule has 0 unspecified atom stereocenters. The largest absolute Gasteiger partial charge is 0.462 e. The van der Waals surface area contributed by atoms with Crippen LogP contribution in [0.1, 0.15) is 17.3 Å². The lowest BCUT2D eigenvalue weighted by atomic mass is 10.1. The number of ether oxygens (including phenoxy) is 1. The zero-order valence-electron chi connectivity index (χ0n) is 8.99. The molecule has 0 spiro atoms. The molecule has 0 radical (unpaired) electrons. The van der Waals surface area contributed by atoms with Gasteiger partial charge in [-0.3, -0.25) is 9.78 Å². The minimum atomic E-state index is -0.469. The first-order valence-electron chi connectivity index (χ1n) is 4.98. The van der Waals surface area contributed by atoms with Gasteiger partial charge in [0.25, 0.3) is 5.56 Å². The minimum absolute atomic E-state index is 0.0198. The Hall–Kier alpha value is -1.88. The molecule has 0 bridgehead atoms. The van der Waals surface area contributed by atoms with Gasteiger partial charge in [-0.2, -0.15) is 0 Å². The number of halogens is 1. The van der Waals surface area contributed by atoms with Crippen molar-refractivity contribution in [3.8, 4) is 0 Å². The van der Waals surface area contributed by atoms with Crippen LogP contribution in [0.15, 0.2) is 23.0 Å². The molecule has 5 nitrogen and oxygen atoms in total. The summed E-state index contributed by atoms with van der Waals surface area (Å²) in [6.07, 6.45) is 0. The van der Waals surface area contributed by atoms with Gasteiger partial charge in [0.2, 0.25) is 5.28 Å². The van der Waals surface area contributed by atoms with Crippen molar-refractivity contribution in [3.63, 3.8) is 0 Å². The van der Waals surface area contributed by atoms with Gasteiger partial charge >= 0.3 is 5.97 Å². The fourth-order valence-electron chi connectivity index (χ4n) is 1.45. The molecule has 0 aliphatic heterocycles. The van der Waals surface area contributed by atoms with Gasteiger partial charge in [0.15, 0.2) is 0 Å². The number of rotatable bonds is 2. The van der Waals surface area contributed by atoms with E-state index in [1.165, 1.54) is 6.07 Å². The normalized spacial score (nSPS) is 10.5.